The second kappa shape index (κ2) is 6.39. The molecule has 1 unspecified atom stereocenters. The van der Waals surface area contributed by atoms with Crippen LogP contribution in [-0.4, -0.2) is 24.2 Å². The highest BCUT2D eigenvalue weighted by molar-refractivity contribution is 7.14. The van der Waals surface area contributed by atoms with Crippen LogP contribution in [0.25, 0.3) is 0 Å². The summed E-state index contributed by atoms with van der Waals surface area (Å²) in [5.74, 6) is -0.577. The van der Waals surface area contributed by atoms with Crippen LogP contribution in [0.2, 0.25) is 0 Å². The maximum atomic E-state index is 13.0. The van der Waals surface area contributed by atoms with Gasteiger partial charge in [0.15, 0.2) is 0 Å². The van der Waals surface area contributed by atoms with E-state index in [1.165, 1.54) is 40.5 Å². The lowest BCUT2D eigenvalue weighted by atomic mass is 9.96. The Hall–Kier alpha value is -1.76. The van der Waals surface area contributed by atoms with E-state index >= 15 is 0 Å². The van der Waals surface area contributed by atoms with Crippen molar-refractivity contribution in [3.63, 3.8) is 0 Å². The number of rotatable bonds is 4. The Morgan fingerprint density at radius 1 is 1.43 bits per heavy atom. The molecule has 0 saturated heterocycles. The van der Waals surface area contributed by atoms with Crippen LogP contribution in [0, 0.1) is 5.82 Å². The van der Waals surface area contributed by atoms with Gasteiger partial charge in [-0.15, -0.1) is 11.3 Å². The first-order valence-corrected chi connectivity index (χ1v) is 8.23. The molecule has 1 atom stereocenters. The Morgan fingerprint density at radius 3 is 2.87 bits per heavy atom. The first-order valence-electron chi connectivity index (χ1n) is 7.42. The van der Waals surface area contributed by atoms with E-state index in [9.17, 15) is 14.3 Å². The lowest BCUT2D eigenvalue weighted by molar-refractivity contribution is 0.0527. The molecule has 0 saturated carbocycles. The van der Waals surface area contributed by atoms with Gasteiger partial charge in [0.2, 0.25) is 0 Å². The number of benzene rings is 1. The predicted molar refractivity (Wildman–Crippen MR) is 86.0 cm³/mol. The quantitative estimate of drug-likeness (QED) is 0.903. The maximum Gasteiger partial charge on any atom is 0.261 e. The minimum absolute atomic E-state index is 0.0521. The molecule has 0 radical (unpaired) electrons. The van der Waals surface area contributed by atoms with Crippen LogP contribution in [0.4, 0.5) is 4.39 Å². The molecule has 2 N–H and O–H groups in total. The van der Waals surface area contributed by atoms with Crippen molar-refractivity contribution >= 4 is 17.2 Å². The van der Waals surface area contributed by atoms with Crippen LogP contribution in [0.15, 0.2) is 30.3 Å². The molecule has 2 aromatic rings. The molecule has 6 heteroatoms. The van der Waals surface area contributed by atoms with Crippen LogP contribution in [0.3, 0.4) is 0 Å². The first kappa shape index (κ1) is 16.1. The molecule has 1 aliphatic heterocycles. The van der Waals surface area contributed by atoms with Crippen LogP contribution in [0.1, 0.15) is 32.6 Å². The molecule has 0 bridgehead atoms. The lowest BCUT2D eigenvalue weighted by Crippen LogP contribution is -2.38. The number of thiophene rings is 1. The topological polar surface area (TPSA) is 58.6 Å². The van der Waals surface area contributed by atoms with E-state index in [2.05, 4.69) is 5.32 Å². The van der Waals surface area contributed by atoms with Gasteiger partial charge in [0, 0.05) is 11.3 Å². The normalized spacial score (nSPS) is 16.5. The molecular weight excluding hydrogens is 317 g/mol. The smallest absolute Gasteiger partial charge is 0.261 e. The Morgan fingerprint density at radius 2 is 2.17 bits per heavy atom. The van der Waals surface area contributed by atoms with Crippen molar-refractivity contribution in [2.45, 2.75) is 25.6 Å². The molecule has 23 heavy (non-hydrogen) atoms. The van der Waals surface area contributed by atoms with Gasteiger partial charge < -0.3 is 15.2 Å². The van der Waals surface area contributed by atoms with Gasteiger partial charge in [0.25, 0.3) is 5.91 Å². The summed E-state index contributed by atoms with van der Waals surface area (Å²) in [6.45, 7) is 2.88. The third kappa shape index (κ3) is 3.60. The summed E-state index contributed by atoms with van der Waals surface area (Å²) in [4.78, 5) is 14.1. The highest BCUT2D eigenvalue weighted by Crippen LogP contribution is 2.27. The van der Waals surface area contributed by atoms with Crippen LogP contribution in [-0.2, 0) is 23.4 Å². The van der Waals surface area contributed by atoms with E-state index in [0.717, 1.165) is 12.0 Å². The number of carbonyl (C=O) groups excluding carboxylic acids is 1. The number of aliphatic hydroxyl groups is 1. The molecule has 0 aliphatic carbocycles. The second-order valence-electron chi connectivity index (χ2n) is 5.83. The Kier molecular flexibility index (Phi) is 4.48. The van der Waals surface area contributed by atoms with Gasteiger partial charge in [-0.2, -0.15) is 0 Å². The van der Waals surface area contributed by atoms with Gasteiger partial charge in [0.1, 0.15) is 11.4 Å². The van der Waals surface area contributed by atoms with Gasteiger partial charge in [-0.3, -0.25) is 4.79 Å². The minimum Gasteiger partial charge on any atom is -0.384 e. The number of halogens is 1. The van der Waals surface area contributed by atoms with Gasteiger partial charge in [-0.05, 0) is 36.2 Å². The molecule has 3 rings (SSSR count). The Bertz CT molecular complexity index is 686. The number of fused-ring (bicyclic) bond motifs is 1. The predicted octanol–water partition coefficient (Wildman–Crippen LogP) is 2.60. The molecule has 1 aromatic carbocycles. The van der Waals surface area contributed by atoms with E-state index in [0.29, 0.717) is 23.7 Å². The van der Waals surface area contributed by atoms with E-state index in [1.807, 2.05) is 6.07 Å². The number of nitrogens with one attached hydrogen (secondary N) is 1. The fraction of sp³-hybridized carbons (Fsp3) is 0.353. The van der Waals surface area contributed by atoms with Crippen molar-refractivity contribution in [1.29, 1.82) is 0 Å². The molecule has 0 fully saturated rings. The van der Waals surface area contributed by atoms with Crippen molar-refractivity contribution in [3.05, 3.63) is 57.0 Å². The average molecular weight is 335 g/mol. The third-order valence-electron chi connectivity index (χ3n) is 3.91. The van der Waals surface area contributed by atoms with Gasteiger partial charge in [-0.1, -0.05) is 12.1 Å². The molecule has 1 aromatic heterocycles. The zero-order chi connectivity index (χ0) is 16.4. The van der Waals surface area contributed by atoms with Crippen LogP contribution >= 0.6 is 11.3 Å². The molecule has 1 amide bonds. The van der Waals surface area contributed by atoms with Gasteiger partial charge in [-0.25, -0.2) is 4.39 Å². The van der Waals surface area contributed by atoms with E-state index in [4.69, 9.17) is 4.74 Å². The van der Waals surface area contributed by atoms with Crippen molar-refractivity contribution in [2.75, 3.05) is 13.2 Å². The number of hydrogen-bond acceptors (Lipinski definition) is 4. The van der Waals surface area contributed by atoms with E-state index in [-0.39, 0.29) is 18.3 Å². The zero-order valence-corrected chi connectivity index (χ0v) is 13.6. The fourth-order valence-corrected chi connectivity index (χ4v) is 3.58. The van der Waals surface area contributed by atoms with E-state index < -0.39 is 5.60 Å². The number of amides is 1. The summed E-state index contributed by atoms with van der Waals surface area (Å²) in [6.07, 6.45) is 0.834. The Balaban J connectivity index is 1.66. The van der Waals surface area contributed by atoms with Crippen molar-refractivity contribution in [3.8, 4) is 0 Å². The highest BCUT2D eigenvalue weighted by Gasteiger charge is 2.25. The van der Waals surface area contributed by atoms with Crippen LogP contribution < -0.4 is 5.32 Å². The summed E-state index contributed by atoms with van der Waals surface area (Å²) in [6, 6.07) is 7.46. The summed E-state index contributed by atoms with van der Waals surface area (Å²) < 4.78 is 18.3. The molecule has 1 aliphatic rings. The SMILES string of the molecule is CC(O)(CNC(=O)c1cc2c(s1)CCOC2)c1ccc(F)cc1. The third-order valence-corrected chi connectivity index (χ3v) is 5.15. The number of hydrogen-bond donors (Lipinski definition) is 2. The van der Waals surface area contributed by atoms with E-state index in [1.54, 1.807) is 6.92 Å². The standard InChI is InChI=1S/C17H18FNO3S/c1-17(21,12-2-4-13(18)5-3-12)10-19-16(20)15-8-11-9-22-7-6-14(11)23-15/h2-5,8,21H,6-7,9-10H2,1H3,(H,19,20). The summed E-state index contributed by atoms with van der Waals surface area (Å²) in [7, 11) is 0. The molecule has 2 heterocycles. The summed E-state index contributed by atoms with van der Waals surface area (Å²) in [5, 5.41) is 13.2. The largest absolute Gasteiger partial charge is 0.384 e. The van der Waals surface area contributed by atoms with Gasteiger partial charge in [0.05, 0.1) is 24.6 Å². The second-order valence-corrected chi connectivity index (χ2v) is 6.96. The zero-order valence-electron chi connectivity index (χ0n) is 12.8. The maximum absolute atomic E-state index is 13.0. The van der Waals surface area contributed by atoms with Crippen LogP contribution in [0.5, 0.6) is 0 Å². The minimum atomic E-state index is -1.26. The molecular formula is C17H18FNO3S. The average Bonchev–Trinajstić information content (AvgIpc) is 2.97. The Labute approximate surface area is 137 Å². The van der Waals surface area contributed by atoms with Crippen molar-refractivity contribution < 1.29 is 19.0 Å². The number of ether oxygens (including phenoxy) is 1. The number of carbonyl (C=O) groups is 1. The molecule has 0 spiro atoms. The molecule has 4 nitrogen and oxygen atoms in total. The summed E-state index contributed by atoms with van der Waals surface area (Å²) >= 11 is 1.47. The fourth-order valence-electron chi connectivity index (χ4n) is 2.51. The highest BCUT2D eigenvalue weighted by atomic mass is 32.1. The summed E-state index contributed by atoms with van der Waals surface area (Å²) in [5.41, 5.74) is 0.360. The van der Waals surface area contributed by atoms with Crippen molar-refractivity contribution in [2.24, 2.45) is 0 Å². The van der Waals surface area contributed by atoms with Crippen molar-refractivity contribution in [1.82, 2.24) is 5.32 Å². The monoisotopic (exact) mass is 335 g/mol. The lowest BCUT2D eigenvalue weighted by Gasteiger charge is -2.24. The van der Waals surface area contributed by atoms with Gasteiger partial charge >= 0.3 is 0 Å². The molecule has 122 valence electrons. The first-order chi connectivity index (χ1) is 11.0.